The maximum Gasteiger partial charge on any atom is 0.236 e. The first-order chi connectivity index (χ1) is 9.76. The molecule has 2 N–H and O–H groups in total. The quantitative estimate of drug-likeness (QED) is 0.881. The minimum Gasteiger partial charge on any atom is -0.358 e. The van der Waals surface area contributed by atoms with Crippen LogP contribution in [0.25, 0.3) is 0 Å². The molecular weight excluding hydrogens is 248 g/mol. The van der Waals surface area contributed by atoms with E-state index >= 15 is 0 Å². The lowest BCUT2D eigenvalue weighted by Crippen LogP contribution is -2.48. The van der Waals surface area contributed by atoms with Crippen LogP contribution in [0.2, 0.25) is 0 Å². The summed E-state index contributed by atoms with van der Waals surface area (Å²) in [5.41, 5.74) is 4.55. The molecule has 3 heteroatoms. The second-order valence-electron chi connectivity index (χ2n) is 6.17. The highest BCUT2D eigenvalue weighted by atomic mass is 16.2. The molecule has 108 valence electrons. The van der Waals surface area contributed by atoms with Crippen LogP contribution >= 0.6 is 0 Å². The number of benzene rings is 1. The van der Waals surface area contributed by atoms with Crippen molar-refractivity contribution >= 4 is 5.91 Å². The summed E-state index contributed by atoms with van der Waals surface area (Å²) < 4.78 is 0. The number of nitrogens with one attached hydrogen (secondary N) is 2. The molecule has 1 aliphatic heterocycles. The summed E-state index contributed by atoms with van der Waals surface area (Å²) in [5, 5.41) is 6.07. The van der Waals surface area contributed by atoms with Crippen molar-refractivity contribution in [2.75, 3.05) is 13.6 Å². The summed E-state index contributed by atoms with van der Waals surface area (Å²) in [6, 6.07) is 7.00. The minimum atomic E-state index is -0.00632. The van der Waals surface area contributed by atoms with Gasteiger partial charge in [0.15, 0.2) is 0 Å². The van der Waals surface area contributed by atoms with E-state index in [1.165, 1.54) is 31.2 Å². The normalized spacial score (nSPS) is 25.2. The summed E-state index contributed by atoms with van der Waals surface area (Å²) in [5.74, 6) is 0.752. The molecule has 1 amide bonds. The van der Waals surface area contributed by atoms with Crippen molar-refractivity contribution < 1.29 is 4.79 Å². The summed E-state index contributed by atoms with van der Waals surface area (Å²) >= 11 is 0. The fourth-order valence-electron chi connectivity index (χ4n) is 3.64. The first-order valence-electron chi connectivity index (χ1n) is 7.82. The Hall–Kier alpha value is -1.35. The van der Waals surface area contributed by atoms with E-state index in [0.29, 0.717) is 5.92 Å². The second-order valence-corrected chi connectivity index (χ2v) is 6.17. The molecule has 0 spiro atoms. The maximum atomic E-state index is 11.7. The molecule has 1 aromatic carbocycles. The smallest absolute Gasteiger partial charge is 0.236 e. The van der Waals surface area contributed by atoms with E-state index in [2.05, 4.69) is 28.8 Å². The van der Waals surface area contributed by atoms with E-state index in [-0.39, 0.29) is 11.9 Å². The Morgan fingerprint density at radius 2 is 2.20 bits per heavy atom. The van der Waals surface area contributed by atoms with Gasteiger partial charge >= 0.3 is 0 Å². The second kappa shape index (κ2) is 5.96. The van der Waals surface area contributed by atoms with E-state index in [0.717, 1.165) is 19.4 Å². The van der Waals surface area contributed by atoms with Crippen molar-refractivity contribution in [2.45, 2.75) is 44.6 Å². The number of rotatable bonds is 3. The van der Waals surface area contributed by atoms with E-state index in [4.69, 9.17) is 0 Å². The van der Waals surface area contributed by atoms with E-state index in [9.17, 15) is 4.79 Å². The zero-order valence-corrected chi connectivity index (χ0v) is 12.2. The van der Waals surface area contributed by atoms with Crippen LogP contribution in [0.15, 0.2) is 18.2 Å². The van der Waals surface area contributed by atoms with Gasteiger partial charge in [-0.25, -0.2) is 0 Å². The highest BCUT2D eigenvalue weighted by Gasteiger charge is 2.26. The summed E-state index contributed by atoms with van der Waals surface area (Å²) in [4.78, 5) is 11.7. The van der Waals surface area contributed by atoms with Crippen molar-refractivity contribution in [1.82, 2.24) is 10.6 Å². The van der Waals surface area contributed by atoms with Crippen molar-refractivity contribution in [1.29, 1.82) is 0 Å². The van der Waals surface area contributed by atoms with Gasteiger partial charge in [-0.2, -0.15) is 0 Å². The van der Waals surface area contributed by atoms with E-state index in [1.807, 2.05) is 0 Å². The monoisotopic (exact) mass is 272 g/mol. The van der Waals surface area contributed by atoms with Crippen LogP contribution in [0.3, 0.4) is 0 Å². The first-order valence-corrected chi connectivity index (χ1v) is 7.82. The average molecular weight is 272 g/mol. The number of carbonyl (C=O) groups is 1. The largest absolute Gasteiger partial charge is 0.358 e. The lowest BCUT2D eigenvalue weighted by molar-refractivity contribution is -0.123. The molecule has 1 aromatic rings. The number of piperidine rings is 1. The Bertz CT molecular complexity index is 498. The minimum absolute atomic E-state index is 0.00632. The molecule has 0 saturated carbocycles. The third kappa shape index (κ3) is 2.88. The predicted octanol–water partition coefficient (Wildman–Crippen LogP) is 1.83. The van der Waals surface area contributed by atoms with Crippen LogP contribution in [-0.2, 0) is 24.1 Å². The standard InChI is InChI=1S/C17H24N2O/c1-18-17(20)16-11-13(7-8-19-16)9-12-5-6-14-3-2-4-15(14)10-12/h5-6,10,13,16,19H,2-4,7-9,11H2,1H3,(H,18,20). The van der Waals surface area contributed by atoms with Gasteiger partial charge in [-0.15, -0.1) is 0 Å². The SMILES string of the molecule is CNC(=O)C1CC(Cc2ccc3c(c2)CCC3)CCN1. The number of likely N-dealkylation sites (N-methyl/N-ethyl adjacent to an activating group) is 1. The Morgan fingerprint density at radius 1 is 1.35 bits per heavy atom. The average Bonchev–Trinajstić information content (AvgIpc) is 2.94. The molecule has 2 aliphatic rings. The first kappa shape index (κ1) is 13.6. The topological polar surface area (TPSA) is 41.1 Å². The Balaban J connectivity index is 1.64. The number of hydrogen-bond acceptors (Lipinski definition) is 2. The van der Waals surface area contributed by atoms with E-state index < -0.39 is 0 Å². The van der Waals surface area contributed by atoms with Crippen LogP contribution in [0.1, 0.15) is 36.0 Å². The molecule has 2 unspecified atom stereocenters. The Labute approximate surface area is 121 Å². The van der Waals surface area contributed by atoms with Crippen molar-refractivity contribution in [3.05, 3.63) is 34.9 Å². The van der Waals surface area contributed by atoms with Crippen LogP contribution in [0, 0.1) is 5.92 Å². The van der Waals surface area contributed by atoms with Crippen LogP contribution in [0.4, 0.5) is 0 Å². The third-order valence-electron chi connectivity index (χ3n) is 4.76. The third-order valence-corrected chi connectivity index (χ3v) is 4.76. The maximum absolute atomic E-state index is 11.7. The molecule has 3 nitrogen and oxygen atoms in total. The zero-order chi connectivity index (χ0) is 13.9. The molecule has 2 atom stereocenters. The van der Waals surface area contributed by atoms with Gasteiger partial charge in [0, 0.05) is 7.05 Å². The van der Waals surface area contributed by atoms with Gasteiger partial charge < -0.3 is 10.6 Å². The van der Waals surface area contributed by atoms with Gasteiger partial charge in [0.1, 0.15) is 0 Å². The summed E-state index contributed by atoms with van der Waals surface area (Å²) in [7, 11) is 1.72. The van der Waals surface area contributed by atoms with Gasteiger partial charge in [0.05, 0.1) is 6.04 Å². The van der Waals surface area contributed by atoms with Gasteiger partial charge in [0.2, 0.25) is 5.91 Å². The van der Waals surface area contributed by atoms with E-state index in [1.54, 1.807) is 18.2 Å². The van der Waals surface area contributed by atoms with Gasteiger partial charge in [-0.1, -0.05) is 18.2 Å². The fourth-order valence-corrected chi connectivity index (χ4v) is 3.64. The van der Waals surface area contributed by atoms with Gasteiger partial charge in [-0.3, -0.25) is 4.79 Å². The predicted molar refractivity (Wildman–Crippen MR) is 80.8 cm³/mol. The van der Waals surface area contributed by atoms with Gasteiger partial charge in [-0.05, 0) is 67.7 Å². The number of amides is 1. The number of fused-ring (bicyclic) bond motifs is 1. The lowest BCUT2D eigenvalue weighted by Gasteiger charge is -2.29. The van der Waals surface area contributed by atoms with Crippen LogP contribution in [-0.4, -0.2) is 25.5 Å². The molecule has 1 fully saturated rings. The molecule has 1 aliphatic carbocycles. The van der Waals surface area contributed by atoms with Crippen molar-refractivity contribution in [3.63, 3.8) is 0 Å². The molecule has 0 aromatic heterocycles. The molecule has 3 rings (SSSR count). The van der Waals surface area contributed by atoms with Crippen LogP contribution < -0.4 is 10.6 Å². The number of hydrogen-bond donors (Lipinski definition) is 2. The fraction of sp³-hybridized carbons (Fsp3) is 0.588. The highest BCUT2D eigenvalue weighted by molar-refractivity contribution is 5.81. The zero-order valence-electron chi connectivity index (χ0n) is 12.2. The lowest BCUT2D eigenvalue weighted by atomic mass is 9.86. The molecular formula is C17H24N2O. The molecule has 0 bridgehead atoms. The Kier molecular flexibility index (Phi) is 4.06. The highest BCUT2D eigenvalue weighted by Crippen LogP contribution is 2.26. The molecule has 20 heavy (non-hydrogen) atoms. The van der Waals surface area contributed by atoms with Gasteiger partial charge in [0.25, 0.3) is 0 Å². The molecule has 0 radical (unpaired) electrons. The van der Waals surface area contributed by atoms with Crippen LogP contribution in [0.5, 0.6) is 0 Å². The number of carbonyl (C=O) groups excluding carboxylic acids is 1. The van der Waals surface area contributed by atoms with Crippen molar-refractivity contribution in [2.24, 2.45) is 5.92 Å². The molecule has 1 saturated heterocycles. The summed E-state index contributed by atoms with van der Waals surface area (Å²) in [6.07, 6.45) is 7.05. The Morgan fingerprint density at radius 3 is 3.05 bits per heavy atom. The molecule has 1 heterocycles. The number of aryl methyl sites for hydroxylation is 2. The summed E-state index contributed by atoms with van der Waals surface area (Å²) in [6.45, 7) is 0.952. The van der Waals surface area contributed by atoms with Crippen molar-refractivity contribution in [3.8, 4) is 0 Å².